The van der Waals surface area contributed by atoms with Gasteiger partial charge in [0.15, 0.2) is 0 Å². The summed E-state index contributed by atoms with van der Waals surface area (Å²) < 4.78 is 0. The fourth-order valence-electron chi connectivity index (χ4n) is 3.01. The predicted octanol–water partition coefficient (Wildman–Crippen LogP) is 0.235. The fraction of sp³-hybridized carbons (Fsp3) is 0.818. The summed E-state index contributed by atoms with van der Waals surface area (Å²) in [5.41, 5.74) is 0.231. The molecule has 1 saturated carbocycles. The number of piperidine rings is 1. The fourth-order valence-corrected chi connectivity index (χ4v) is 3.01. The van der Waals surface area contributed by atoms with Crippen molar-refractivity contribution < 1.29 is 9.59 Å². The summed E-state index contributed by atoms with van der Waals surface area (Å²) >= 11 is 0. The van der Waals surface area contributed by atoms with Gasteiger partial charge in [-0.05, 0) is 24.2 Å². The van der Waals surface area contributed by atoms with Crippen molar-refractivity contribution in [1.82, 2.24) is 10.2 Å². The van der Waals surface area contributed by atoms with E-state index in [0.29, 0.717) is 18.4 Å². The Morgan fingerprint density at radius 3 is 2.80 bits per heavy atom. The van der Waals surface area contributed by atoms with E-state index in [0.717, 1.165) is 13.0 Å². The maximum Gasteiger partial charge on any atom is 0.243 e. The topological polar surface area (TPSA) is 49.4 Å². The van der Waals surface area contributed by atoms with Gasteiger partial charge in [-0.15, -0.1) is 0 Å². The van der Waals surface area contributed by atoms with Crippen LogP contribution >= 0.6 is 0 Å². The molecule has 1 saturated heterocycles. The summed E-state index contributed by atoms with van der Waals surface area (Å²) in [6.45, 7) is 7.61. The van der Waals surface area contributed by atoms with E-state index < -0.39 is 0 Å². The molecule has 15 heavy (non-hydrogen) atoms. The van der Waals surface area contributed by atoms with Gasteiger partial charge < -0.3 is 10.2 Å². The van der Waals surface area contributed by atoms with Gasteiger partial charge in [0.05, 0.1) is 0 Å². The molecule has 0 aromatic carbocycles. The zero-order chi connectivity index (χ0) is 11.2. The molecule has 1 aliphatic carbocycles. The number of fused-ring (bicyclic) bond motifs is 1. The third-order valence-electron chi connectivity index (χ3n) is 4.00. The normalized spacial score (nSPS) is 35.9. The third kappa shape index (κ3) is 1.34. The van der Waals surface area contributed by atoms with Crippen molar-refractivity contribution in [3.05, 3.63) is 0 Å². The van der Waals surface area contributed by atoms with Gasteiger partial charge in [-0.25, -0.2) is 0 Å². The molecule has 2 rings (SSSR count). The molecule has 1 aliphatic heterocycles. The Labute approximate surface area is 90.0 Å². The van der Waals surface area contributed by atoms with Crippen LogP contribution in [0.4, 0.5) is 0 Å². The van der Waals surface area contributed by atoms with Crippen LogP contribution in [-0.4, -0.2) is 36.3 Å². The largest absolute Gasteiger partial charge is 0.355 e. The lowest BCUT2D eigenvalue weighted by molar-refractivity contribution is -0.132. The second-order valence-corrected chi connectivity index (χ2v) is 5.10. The van der Waals surface area contributed by atoms with E-state index in [1.807, 2.05) is 6.92 Å². The maximum absolute atomic E-state index is 11.8. The van der Waals surface area contributed by atoms with E-state index in [9.17, 15) is 9.59 Å². The molecule has 3 atom stereocenters. The van der Waals surface area contributed by atoms with Crippen molar-refractivity contribution in [2.24, 2.45) is 17.3 Å². The minimum Gasteiger partial charge on any atom is -0.355 e. The lowest BCUT2D eigenvalue weighted by Crippen LogP contribution is -2.46. The molecule has 0 radical (unpaired) electrons. The number of nitrogens with one attached hydrogen (secondary N) is 1. The molecule has 2 aliphatic rings. The first-order chi connectivity index (χ1) is 7.04. The first-order valence-corrected chi connectivity index (χ1v) is 5.52. The number of likely N-dealkylation sites (N-methyl/N-ethyl adjacent to an activating group) is 1. The summed E-state index contributed by atoms with van der Waals surface area (Å²) in [6, 6.07) is -0.234. The lowest BCUT2D eigenvalue weighted by Gasteiger charge is -2.26. The smallest absolute Gasteiger partial charge is 0.243 e. The average molecular weight is 210 g/mol. The Hall–Kier alpha value is -1.06. The third-order valence-corrected chi connectivity index (χ3v) is 4.00. The number of nitrogens with zero attached hydrogens (tertiary/aromatic N) is 1. The Bertz CT molecular complexity index is 301. The van der Waals surface area contributed by atoms with Crippen molar-refractivity contribution in [3.8, 4) is 0 Å². The van der Waals surface area contributed by atoms with E-state index in [4.69, 9.17) is 0 Å². The van der Waals surface area contributed by atoms with E-state index in [1.54, 1.807) is 4.90 Å². The minimum absolute atomic E-state index is 0.00248. The van der Waals surface area contributed by atoms with Crippen molar-refractivity contribution >= 4 is 12.3 Å². The second-order valence-electron chi connectivity index (χ2n) is 5.10. The summed E-state index contributed by atoms with van der Waals surface area (Å²) in [5, 5.41) is 2.81. The number of hydrogen-bond acceptors (Lipinski definition) is 2. The highest BCUT2D eigenvalue weighted by molar-refractivity contribution is 5.85. The maximum atomic E-state index is 11.8. The van der Waals surface area contributed by atoms with Crippen LogP contribution < -0.4 is 5.32 Å². The molecule has 1 unspecified atom stereocenters. The van der Waals surface area contributed by atoms with Gasteiger partial charge in [0.1, 0.15) is 6.04 Å². The Morgan fingerprint density at radius 1 is 1.60 bits per heavy atom. The predicted molar refractivity (Wildman–Crippen MR) is 56.0 cm³/mol. The van der Waals surface area contributed by atoms with Crippen LogP contribution in [0.2, 0.25) is 0 Å². The number of carbonyl (C=O) groups is 2. The van der Waals surface area contributed by atoms with Crippen molar-refractivity contribution in [3.63, 3.8) is 0 Å². The molecule has 84 valence electrons. The Kier molecular flexibility index (Phi) is 2.24. The average Bonchev–Trinajstić information content (AvgIpc) is 2.62. The summed E-state index contributed by atoms with van der Waals surface area (Å²) in [7, 11) is 0. The molecule has 1 N–H and O–H groups in total. The monoisotopic (exact) mass is 210 g/mol. The summed E-state index contributed by atoms with van der Waals surface area (Å²) in [6.07, 6.45) is 0.808. The van der Waals surface area contributed by atoms with Crippen LogP contribution in [0.15, 0.2) is 0 Å². The highest BCUT2D eigenvalue weighted by atomic mass is 16.2. The van der Waals surface area contributed by atoms with E-state index >= 15 is 0 Å². The van der Waals surface area contributed by atoms with E-state index in [1.165, 1.54) is 0 Å². The van der Waals surface area contributed by atoms with Crippen LogP contribution in [0.5, 0.6) is 0 Å². The molecule has 4 nitrogen and oxygen atoms in total. The van der Waals surface area contributed by atoms with Crippen LogP contribution in [0, 0.1) is 17.3 Å². The summed E-state index contributed by atoms with van der Waals surface area (Å²) in [4.78, 5) is 24.3. The standard InChI is InChI=1S/C11H18N2O2/c1-4-12-10(15)9-8-7(11(8,2)3)5-13(9)6-14/h6-9H,4-5H2,1-3H3,(H,12,15)/t7?,8-,9-/m0/s1. The molecule has 0 aromatic heterocycles. The van der Waals surface area contributed by atoms with Gasteiger partial charge in [0, 0.05) is 13.1 Å². The number of likely N-dealkylation sites (tertiary alicyclic amines) is 1. The zero-order valence-electron chi connectivity index (χ0n) is 9.49. The molecule has 4 heteroatoms. The van der Waals surface area contributed by atoms with Crippen LogP contribution in [0.3, 0.4) is 0 Å². The SMILES string of the molecule is CCNC(=O)[C@@H]1[C@@H]2C(CN1C=O)C2(C)C. The van der Waals surface area contributed by atoms with Gasteiger partial charge in [0.25, 0.3) is 0 Å². The number of hydrogen-bond donors (Lipinski definition) is 1. The second kappa shape index (κ2) is 3.22. The molecular weight excluding hydrogens is 192 g/mol. The molecule has 0 bridgehead atoms. The number of carbonyl (C=O) groups excluding carboxylic acids is 2. The van der Waals surface area contributed by atoms with Crippen molar-refractivity contribution in [1.29, 1.82) is 0 Å². The Morgan fingerprint density at radius 2 is 2.27 bits per heavy atom. The molecule has 2 amide bonds. The molecule has 0 spiro atoms. The first kappa shape index (κ1) is 10.5. The summed E-state index contributed by atoms with van der Waals surface area (Å²) in [5.74, 6) is 0.868. The lowest BCUT2D eigenvalue weighted by atomic mass is 10.0. The van der Waals surface area contributed by atoms with Gasteiger partial charge in [0.2, 0.25) is 12.3 Å². The van der Waals surface area contributed by atoms with Crippen LogP contribution in [0.25, 0.3) is 0 Å². The van der Waals surface area contributed by atoms with Crippen molar-refractivity contribution in [2.75, 3.05) is 13.1 Å². The Balaban J connectivity index is 2.13. The van der Waals surface area contributed by atoms with Gasteiger partial charge in [-0.1, -0.05) is 13.8 Å². The van der Waals surface area contributed by atoms with Crippen LogP contribution in [-0.2, 0) is 9.59 Å². The zero-order valence-corrected chi connectivity index (χ0v) is 9.49. The van der Waals surface area contributed by atoms with E-state index in [-0.39, 0.29) is 17.4 Å². The quantitative estimate of drug-likeness (QED) is 0.678. The minimum atomic E-state index is -0.234. The van der Waals surface area contributed by atoms with E-state index in [2.05, 4.69) is 19.2 Å². The number of rotatable bonds is 3. The van der Waals surface area contributed by atoms with Crippen LogP contribution in [0.1, 0.15) is 20.8 Å². The molecule has 0 aromatic rings. The molecule has 1 heterocycles. The number of amides is 2. The highest BCUT2D eigenvalue weighted by Gasteiger charge is 2.68. The van der Waals surface area contributed by atoms with Gasteiger partial charge >= 0.3 is 0 Å². The molecular formula is C11H18N2O2. The van der Waals surface area contributed by atoms with Crippen molar-refractivity contribution in [2.45, 2.75) is 26.8 Å². The van der Waals surface area contributed by atoms with Gasteiger partial charge in [-0.3, -0.25) is 9.59 Å². The molecule has 2 fully saturated rings. The highest BCUT2D eigenvalue weighted by Crippen LogP contribution is 2.64. The first-order valence-electron chi connectivity index (χ1n) is 5.52. The van der Waals surface area contributed by atoms with Gasteiger partial charge in [-0.2, -0.15) is 0 Å².